The second kappa shape index (κ2) is 5.77. The van der Waals surface area contributed by atoms with E-state index in [2.05, 4.69) is 5.32 Å². The Bertz CT molecular complexity index is 404. The molecule has 1 amide bonds. The second-order valence-corrected chi connectivity index (χ2v) is 4.62. The average molecular weight is 238 g/mol. The maximum Gasteiger partial charge on any atom is 0.225 e. The van der Waals surface area contributed by atoms with Crippen molar-refractivity contribution in [3.63, 3.8) is 0 Å². The first-order chi connectivity index (χ1) is 7.90. The highest BCUT2D eigenvalue weighted by Crippen LogP contribution is 2.14. The summed E-state index contributed by atoms with van der Waals surface area (Å²) in [6.07, 6.45) is 0.272. The van der Waals surface area contributed by atoms with Gasteiger partial charge in [0.15, 0.2) is 0 Å². The van der Waals surface area contributed by atoms with Gasteiger partial charge in [0.25, 0.3) is 0 Å². The van der Waals surface area contributed by atoms with Gasteiger partial charge in [-0.1, -0.05) is 13.8 Å². The van der Waals surface area contributed by atoms with Crippen molar-refractivity contribution in [1.82, 2.24) is 0 Å². The molecule has 0 aliphatic rings. The minimum absolute atomic E-state index is 0.141. The lowest BCUT2D eigenvalue weighted by atomic mass is 10.0. The van der Waals surface area contributed by atoms with Crippen LogP contribution in [0.5, 0.6) is 0 Å². The fourth-order valence-electron chi connectivity index (χ4n) is 1.38. The molecule has 1 unspecified atom stereocenters. The Balaban J connectivity index is 2.59. The van der Waals surface area contributed by atoms with Crippen molar-refractivity contribution in [3.8, 4) is 0 Å². The third-order valence-electron chi connectivity index (χ3n) is 2.72. The third kappa shape index (κ3) is 4.15. The standard InChI is InChI=1S/C13H19FN2O/c1-8(2)12(15)7-13(17)16-10-4-5-11(14)9(3)6-10/h4-6,8,12H,7,15H2,1-3H3,(H,16,17). The van der Waals surface area contributed by atoms with E-state index >= 15 is 0 Å². The summed E-state index contributed by atoms with van der Waals surface area (Å²) in [7, 11) is 0. The van der Waals surface area contributed by atoms with Crippen molar-refractivity contribution in [2.75, 3.05) is 5.32 Å². The number of halogens is 1. The van der Waals surface area contributed by atoms with Gasteiger partial charge in [0.2, 0.25) is 5.91 Å². The first-order valence-electron chi connectivity index (χ1n) is 5.71. The van der Waals surface area contributed by atoms with E-state index in [1.54, 1.807) is 19.1 Å². The number of hydrogen-bond donors (Lipinski definition) is 2. The predicted molar refractivity (Wildman–Crippen MR) is 67.2 cm³/mol. The minimum atomic E-state index is -0.276. The first kappa shape index (κ1) is 13.6. The molecular formula is C13H19FN2O. The normalized spacial score (nSPS) is 12.6. The molecule has 4 heteroatoms. The topological polar surface area (TPSA) is 55.1 Å². The van der Waals surface area contributed by atoms with Crippen molar-refractivity contribution >= 4 is 11.6 Å². The number of hydrogen-bond acceptors (Lipinski definition) is 2. The summed E-state index contributed by atoms with van der Waals surface area (Å²) in [6.45, 7) is 5.60. The largest absolute Gasteiger partial charge is 0.327 e. The molecule has 94 valence electrons. The van der Waals surface area contributed by atoms with Crippen LogP contribution in [0.1, 0.15) is 25.8 Å². The van der Waals surface area contributed by atoms with Crippen LogP contribution in [0.25, 0.3) is 0 Å². The molecule has 0 bridgehead atoms. The number of rotatable bonds is 4. The molecule has 0 heterocycles. The van der Waals surface area contributed by atoms with E-state index in [0.29, 0.717) is 11.3 Å². The van der Waals surface area contributed by atoms with Gasteiger partial charge < -0.3 is 11.1 Å². The molecule has 1 aromatic carbocycles. The Kier molecular flexibility index (Phi) is 4.63. The van der Waals surface area contributed by atoms with Gasteiger partial charge >= 0.3 is 0 Å². The van der Waals surface area contributed by atoms with Gasteiger partial charge in [0.05, 0.1) is 0 Å². The van der Waals surface area contributed by atoms with Crippen LogP contribution < -0.4 is 11.1 Å². The van der Waals surface area contributed by atoms with Gasteiger partial charge in [-0.25, -0.2) is 4.39 Å². The molecule has 0 saturated heterocycles. The molecule has 0 aromatic heterocycles. The van der Waals surface area contributed by atoms with E-state index < -0.39 is 0 Å². The summed E-state index contributed by atoms with van der Waals surface area (Å²) in [4.78, 5) is 11.6. The number of carbonyl (C=O) groups is 1. The summed E-state index contributed by atoms with van der Waals surface area (Å²) in [5.74, 6) is -0.158. The summed E-state index contributed by atoms with van der Waals surface area (Å²) in [6, 6.07) is 4.33. The second-order valence-electron chi connectivity index (χ2n) is 4.62. The van der Waals surface area contributed by atoms with Gasteiger partial charge in [-0.2, -0.15) is 0 Å². The number of amides is 1. The Labute approximate surface area is 101 Å². The van der Waals surface area contributed by atoms with Crippen LogP contribution in [0.2, 0.25) is 0 Å². The number of benzene rings is 1. The van der Waals surface area contributed by atoms with E-state index in [4.69, 9.17) is 5.73 Å². The van der Waals surface area contributed by atoms with Gasteiger partial charge in [-0.15, -0.1) is 0 Å². The molecule has 1 rings (SSSR count). The maximum absolute atomic E-state index is 13.0. The summed E-state index contributed by atoms with van der Waals surface area (Å²) < 4.78 is 13.0. The zero-order valence-corrected chi connectivity index (χ0v) is 10.5. The zero-order valence-electron chi connectivity index (χ0n) is 10.5. The average Bonchev–Trinajstić information content (AvgIpc) is 2.23. The monoisotopic (exact) mass is 238 g/mol. The van der Waals surface area contributed by atoms with Crippen LogP contribution in [0, 0.1) is 18.7 Å². The predicted octanol–water partition coefficient (Wildman–Crippen LogP) is 2.45. The van der Waals surface area contributed by atoms with Crippen molar-refractivity contribution in [2.24, 2.45) is 11.7 Å². The number of carbonyl (C=O) groups excluding carboxylic acids is 1. The number of nitrogens with two attached hydrogens (primary N) is 1. The van der Waals surface area contributed by atoms with E-state index in [-0.39, 0.29) is 30.1 Å². The van der Waals surface area contributed by atoms with E-state index in [1.807, 2.05) is 13.8 Å². The van der Waals surface area contributed by atoms with Gasteiger partial charge in [-0.3, -0.25) is 4.79 Å². The Hall–Kier alpha value is -1.42. The van der Waals surface area contributed by atoms with Crippen molar-refractivity contribution in [2.45, 2.75) is 33.2 Å². The first-order valence-corrected chi connectivity index (χ1v) is 5.71. The quantitative estimate of drug-likeness (QED) is 0.846. The van der Waals surface area contributed by atoms with E-state index in [1.165, 1.54) is 6.07 Å². The molecule has 1 atom stereocenters. The molecule has 0 fully saturated rings. The fourth-order valence-corrected chi connectivity index (χ4v) is 1.38. The smallest absolute Gasteiger partial charge is 0.225 e. The summed E-state index contributed by atoms with van der Waals surface area (Å²) in [5.41, 5.74) is 6.92. The van der Waals surface area contributed by atoms with Gasteiger partial charge in [0, 0.05) is 18.2 Å². The van der Waals surface area contributed by atoms with E-state index in [0.717, 1.165) is 0 Å². The SMILES string of the molecule is Cc1cc(NC(=O)CC(N)C(C)C)ccc1F. The zero-order chi connectivity index (χ0) is 13.0. The lowest BCUT2D eigenvalue weighted by Crippen LogP contribution is -2.31. The van der Waals surface area contributed by atoms with Crippen LogP contribution in [-0.2, 0) is 4.79 Å². The van der Waals surface area contributed by atoms with Crippen LogP contribution in [0.3, 0.4) is 0 Å². The third-order valence-corrected chi connectivity index (χ3v) is 2.72. The maximum atomic E-state index is 13.0. The van der Waals surface area contributed by atoms with Crippen molar-refractivity contribution < 1.29 is 9.18 Å². The van der Waals surface area contributed by atoms with Crippen LogP contribution in [0.15, 0.2) is 18.2 Å². The molecule has 0 saturated carbocycles. The number of nitrogens with one attached hydrogen (secondary N) is 1. The van der Waals surface area contributed by atoms with Gasteiger partial charge in [0.1, 0.15) is 5.82 Å². The Morgan fingerprint density at radius 3 is 2.65 bits per heavy atom. The highest BCUT2D eigenvalue weighted by Gasteiger charge is 2.13. The number of aryl methyl sites for hydroxylation is 1. The molecular weight excluding hydrogens is 219 g/mol. The highest BCUT2D eigenvalue weighted by atomic mass is 19.1. The van der Waals surface area contributed by atoms with Crippen LogP contribution in [0.4, 0.5) is 10.1 Å². The highest BCUT2D eigenvalue weighted by molar-refractivity contribution is 5.91. The summed E-state index contributed by atoms with van der Waals surface area (Å²) >= 11 is 0. The fraction of sp³-hybridized carbons (Fsp3) is 0.462. The molecule has 3 N–H and O–H groups in total. The van der Waals surface area contributed by atoms with Gasteiger partial charge in [-0.05, 0) is 36.6 Å². The summed E-state index contributed by atoms with van der Waals surface area (Å²) in [5, 5.41) is 2.71. The number of anilines is 1. The molecule has 3 nitrogen and oxygen atoms in total. The molecule has 0 radical (unpaired) electrons. The lowest BCUT2D eigenvalue weighted by molar-refractivity contribution is -0.116. The van der Waals surface area contributed by atoms with Crippen LogP contribution in [-0.4, -0.2) is 11.9 Å². The molecule has 0 spiro atoms. The van der Waals surface area contributed by atoms with Crippen LogP contribution >= 0.6 is 0 Å². The van der Waals surface area contributed by atoms with E-state index in [9.17, 15) is 9.18 Å². The minimum Gasteiger partial charge on any atom is -0.327 e. The molecule has 17 heavy (non-hydrogen) atoms. The Morgan fingerprint density at radius 1 is 1.47 bits per heavy atom. The van der Waals surface area contributed by atoms with Crippen molar-refractivity contribution in [1.29, 1.82) is 0 Å². The lowest BCUT2D eigenvalue weighted by Gasteiger charge is -2.15. The van der Waals surface area contributed by atoms with Crippen molar-refractivity contribution in [3.05, 3.63) is 29.6 Å². The Morgan fingerprint density at radius 2 is 2.12 bits per heavy atom. The molecule has 0 aliphatic heterocycles. The molecule has 0 aliphatic carbocycles. The molecule has 1 aromatic rings.